The maximum atomic E-state index is 5.93. The van der Waals surface area contributed by atoms with E-state index < -0.39 is 0 Å². The first kappa shape index (κ1) is 13.6. The van der Waals surface area contributed by atoms with Gasteiger partial charge in [-0.25, -0.2) is 0 Å². The largest absolute Gasteiger partial charge is 0.330 e. The zero-order chi connectivity index (χ0) is 13.2. The topological polar surface area (TPSA) is 29.3 Å². The van der Waals surface area contributed by atoms with Crippen LogP contribution in [-0.2, 0) is 6.54 Å². The number of hydrogen-bond donors (Lipinski definition) is 1. The predicted octanol–water partition coefficient (Wildman–Crippen LogP) is 2.86. The molecule has 1 fully saturated rings. The van der Waals surface area contributed by atoms with Crippen LogP contribution in [-0.4, -0.2) is 25.0 Å². The summed E-state index contributed by atoms with van der Waals surface area (Å²) < 4.78 is 0. The molecule has 2 N–H and O–H groups in total. The molecule has 2 heteroatoms. The Bertz CT molecular complexity index is 402. The van der Waals surface area contributed by atoms with Gasteiger partial charge in [-0.2, -0.15) is 0 Å². The van der Waals surface area contributed by atoms with E-state index in [9.17, 15) is 0 Å². The van der Waals surface area contributed by atoms with Gasteiger partial charge in [0.1, 0.15) is 0 Å². The molecule has 1 aromatic carbocycles. The minimum atomic E-state index is 0.411. The van der Waals surface area contributed by atoms with Crippen LogP contribution in [0.4, 0.5) is 0 Å². The fourth-order valence-corrected chi connectivity index (χ4v) is 2.95. The number of aryl methyl sites for hydroxylation is 2. The Kier molecular flexibility index (Phi) is 4.08. The number of benzene rings is 1. The van der Waals surface area contributed by atoms with E-state index in [0.717, 1.165) is 19.6 Å². The lowest BCUT2D eigenvalue weighted by molar-refractivity contribution is 0.0845. The van der Waals surface area contributed by atoms with Gasteiger partial charge < -0.3 is 10.6 Å². The lowest BCUT2D eigenvalue weighted by Crippen LogP contribution is -2.45. The van der Waals surface area contributed by atoms with Crippen LogP contribution in [0.15, 0.2) is 18.2 Å². The molecule has 0 radical (unpaired) electrons. The minimum absolute atomic E-state index is 0.411. The Morgan fingerprint density at radius 1 is 1.22 bits per heavy atom. The summed E-state index contributed by atoms with van der Waals surface area (Å²) in [4.78, 5) is 2.43. The summed E-state index contributed by atoms with van der Waals surface area (Å²) in [6.07, 6.45) is 3.97. The van der Waals surface area contributed by atoms with Crippen molar-refractivity contribution in [3.63, 3.8) is 0 Å². The first-order valence-electron chi connectivity index (χ1n) is 6.99. The molecule has 0 amide bonds. The molecule has 0 saturated heterocycles. The Morgan fingerprint density at radius 3 is 2.44 bits per heavy atom. The van der Waals surface area contributed by atoms with Crippen molar-refractivity contribution in [2.45, 2.75) is 39.7 Å². The van der Waals surface area contributed by atoms with Crippen molar-refractivity contribution in [3.05, 3.63) is 34.9 Å². The summed E-state index contributed by atoms with van der Waals surface area (Å²) in [5.41, 5.74) is 10.5. The first-order chi connectivity index (χ1) is 8.54. The van der Waals surface area contributed by atoms with E-state index in [2.05, 4.69) is 44.0 Å². The van der Waals surface area contributed by atoms with Crippen LogP contribution in [0, 0.1) is 19.3 Å². The van der Waals surface area contributed by atoms with Crippen LogP contribution >= 0.6 is 0 Å². The summed E-state index contributed by atoms with van der Waals surface area (Å²) in [5.74, 6) is 0. The fraction of sp³-hybridized carbons (Fsp3) is 0.625. The molecular formula is C16H26N2. The van der Waals surface area contributed by atoms with Gasteiger partial charge in [-0.3, -0.25) is 0 Å². The third-order valence-corrected chi connectivity index (χ3v) is 4.48. The normalized spacial score (nSPS) is 17.8. The molecule has 0 spiro atoms. The van der Waals surface area contributed by atoms with Crippen LogP contribution in [0.1, 0.15) is 36.0 Å². The van der Waals surface area contributed by atoms with Gasteiger partial charge in [-0.15, -0.1) is 0 Å². The lowest BCUT2D eigenvalue weighted by atomic mass is 9.68. The predicted molar refractivity (Wildman–Crippen MR) is 77.6 cm³/mol. The van der Waals surface area contributed by atoms with Gasteiger partial charge in [-0.05, 0) is 62.4 Å². The summed E-state index contributed by atoms with van der Waals surface area (Å²) in [6, 6.07) is 6.77. The van der Waals surface area contributed by atoms with Crippen LogP contribution < -0.4 is 5.73 Å². The lowest BCUT2D eigenvalue weighted by Gasteiger charge is -2.43. The first-order valence-corrected chi connectivity index (χ1v) is 6.99. The van der Waals surface area contributed by atoms with Gasteiger partial charge in [0.2, 0.25) is 0 Å². The zero-order valence-corrected chi connectivity index (χ0v) is 12.0. The highest BCUT2D eigenvalue weighted by molar-refractivity contribution is 5.29. The quantitative estimate of drug-likeness (QED) is 0.865. The zero-order valence-electron chi connectivity index (χ0n) is 12.0. The maximum Gasteiger partial charge on any atom is 0.0231 e. The molecule has 18 heavy (non-hydrogen) atoms. The van der Waals surface area contributed by atoms with E-state index in [4.69, 9.17) is 5.73 Å². The summed E-state index contributed by atoms with van der Waals surface area (Å²) in [5, 5.41) is 0. The smallest absolute Gasteiger partial charge is 0.0231 e. The SMILES string of the molecule is Cc1ccc(CN(C)CC2(CN)CCC2)cc1C. The van der Waals surface area contributed by atoms with Crippen molar-refractivity contribution >= 4 is 0 Å². The second kappa shape index (κ2) is 5.41. The average molecular weight is 246 g/mol. The van der Waals surface area contributed by atoms with Crippen LogP contribution in [0.25, 0.3) is 0 Å². The van der Waals surface area contributed by atoms with Crippen LogP contribution in [0.3, 0.4) is 0 Å². The van der Waals surface area contributed by atoms with Crippen molar-refractivity contribution in [3.8, 4) is 0 Å². The average Bonchev–Trinajstić information content (AvgIpc) is 2.29. The van der Waals surface area contributed by atoms with E-state index in [0.29, 0.717) is 5.41 Å². The molecule has 100 valence electrons. The monoisotopic (exact) mass is 246 g/mol. The van der Waals surface area contributed by atoms with Crippen molar-refractivity contribution in [2.24, 2.45) is 11.1 Å². The number of rotatable bonds is 5. The van der Waals surface area contributed by atoms with Gasteiger partial charge in [0.15, 0.2) is 0 Å². The number of hydrogen-bond acceptors (Lipinski definition) is 2. The van der Waals surface area contributed by atoms with Gasteiger partial charge >= 0.3 is 0 Å². The third-order valence-electron chi connectivity index (χ3n) is 4.48. The number of nitrogens with zero attached hydrogens (tertiary/aromatic N) is 1. The van der Waals surface area contributed by atoms with Crippen LogP contribution in [0.5, 0.6) is 0 Å². The summed E-state index contributed by atoms with van der Waals surface area (Å²) in [7, 11) is 2.21. The number of nitrogens with two attached hydrogens (primary N) is 1. The highest BCUT2D eigenvalue weighted by Gasteiger charge is 2.36. The van der Waals surface area contributed by atoms with Gasteiger partial charge in [0.25, 0.3) is 0 Å². The van der Waals surface area contributed by atoms with E-state index in [-0.39, 0.29) is 0 Å². The molecule has 0 aromatic heterocycles. The van der Waals surface area contributed by atoms with Gasteiger partial charge in [-0.1, -0.05) is 24.6 Å². The Labute approximate surface area is 111 Å². The maximum absolute atomic E-state index is 5.93. The second-order valence-electron chi connectivity index (χ2n) is 6.15. The Balaban J connectivity index is 1.94. The molecule has 1 saturated carbocycles. The fourth-order valence-electron chi connectivity index (χ4n) is 2.95. The Hall–Kier alpha value is -0.860. The second-order valence-corrected chi connectivity index (χ2v) is 6.15. The summed E-state index contributed by atoms with van der Waals surface area (Å²) >= 11 is 0. The molecule has 2 nitrogen and oxygen atoms in total. The molecule has 0 heterocycles. The molecule has 0 atom stereocenters. The van der Waals surface area contributed by atoms with Crippen molar-refractivity contribution < 1.29 is 0 Å². The van der Waals surface area contributed by atoms with Gasteiger partial charge in [0.05, 0.1) is 0 Å². The molecule has 0 unspecified atom stereocenters. The highest BCUT2D eigenvalue weighted by atomic mass is 15.1. The van der Waals surface area contributed by atoms with E-state index >= 15 is 0 Å². The standard InChI is InChI=1S/C16H26N2/c1-13-5-6-15(9-14(13)2)10-18(3)12-16(11-17)7-4-8-16/h5-6,9H,4,7-8,10-12,17H2,1-3H3. The highest BCUT2D eigenvalue weighted by Crippen LogP contribution is 2.40. The molecule has 1 aliphatic rings. The molecule has 2 rings (SSSR count). The minimum Gasteiger partial charge on any atom is -0.330 e. The van der Waals surface area contributed by atoms with E-state index in [1.54, 1.807) is 0 Å². The van der Waals surface area contributed by atoms with Crippen LogP contribution in [0.2, 0.25) is 0 Å². The van der Waals surface area contributed by atoms with E-state index in [1.165, 1.54) is 36.0 Å². The van der Waals surface area contributed by atoms with Crippen molar-refractivity contribution in [2.75, 3.05) is 20.1 Å². The molecule has 0 bridgehead atoms. The summed E-state index contributed by atoms with van der Waals surface area (Å²) in [6.45, 7) is 7.36. The van der Waals surface area contributed by atoms with Crippen molar-refractivity contribution in [1.29, 1.82) is 0 Å². The Morgan fingerprint density at radius 2 is 1.94 bits per heavy atom. The molecule has 1 aliphatic carbocycles. The third kappa shape index (κ3) is 2.93. The molecular weight excluding hydrogens is 220 g/mol. The molecule has 1 aromatic rings. The van der Waals surface area contributed by atoms with Crippen molar-refractivity contribution in [1.82, 2.24) is 4.90 Å². The van der Waals surface area contributed by atoms with E-state index in [1.807, 2.05) is 0 Å². The molecule has 0 aliphatic heterocycles. The van der Waals surface area contributed by atoms with Gasteiger partial charge in [0, 0.05) is 13.1 Å².